The van der Waals surface area contributed by atoms with E-state index in [0.29, 0.717) is 0 Å². The van der Waals surface area contributed by atoms with Gasteiger partial charge in [0.2, 0.25) is 17.4 Å². The van der Waals surface area contributed by atoms with Gasteiger partial charge < -0.3 is 33.5 Å². The summed E-state index contributed by atoms with van der Waals surface area (Å²) < 4.78 is 35.8. The summed E-state index contributed by atoms with van der Waals surface area (Å²) in [4.78, 5) is 23.7. The fourth-order valence-electron chi connectivity index (χ4n) is 4.43. The lowest BCUT2D eigenvalue weighted by Gasteiger charge is -2.58. The molecule has 0 bridgehead atoms. The molecule has 11 heteroatoms. The zero-order valence-electron chi connectivity index (χ0n) is 20.4. The van der Waals surface area contributed by atoms with Crippen LogP contribution in [0.15, 0.2) is 54.6 Å². The van der Waals surface area contributed by atoms with Gasteiger partial charge in [-0.3, -0.25) is 10.1 Å². The van der Waals surface area contributed by atoms with E-state index in [1.807, 2.05) is 30.3 Å². The topological polar surface area (TPSA) is 136 Å². The number of hydrogen-bond acceptors (Lipinski definition) is 10. The normalized spacial score (nSPS) is 34.0. The van der Waals surface area contributed by atoms with E-state index in [0.717, 1.165) is 5.56 Å². The van der Waals surface area contributed by atoms with Crippen LogP contribution in [0.3, 0.4) is 0 Å². The fraction of sp³-hybridized carbons (Fsp3) is 0.480. The van der Waals surface area contributed by atoms with E-state index in [9.17, 15) is 20.0 Å². The number of nitro benzene ring substituents is 1. The molecule has 4 rings (SSSR count). The molecule has 36 heavy (non-hydrogen) atoms. The minimum Gasteiger partial charge on any atom is -0.426 e. The number of non-ortho nitro benzene ring substituents is 1. The van der Waals surface area contributed by atoms with Crippen LogP contribution in [-0.2, 0) is 34.8 Å². The molecule has 11 nitrogen and oxygen atoms in total. The second-order valence-corrected chi connectivity index (χ2v) is 8.97. The monoisotopic (exact) mass is 503 g/mol. The summed E-state index contributed by atoms with van der Waals surface area (Å²) in [6.07, 6.45) is -3.18. The summed E-state index contributed by atoms with van der Waals surface area (Å²) in [7, 11) is 2.85. The Kier molecular flexibility index (Phi) is 7.15. The quantitative estimate of drug-likeness (QED) is 0.341. The molecule has 2 heterocycles. The summed E-state index contributed by atoms with van der Waals surface area (Å²) in [6, 6.07) is 14.2. The van der Waals surface area contributed by atoms with Gasteiger partial charge in [-0.25, -0.2) is 4.79 Å². The number of carbonyl (C=O) groups excluding carboxylic acids is 1. The minimum absolute atomic E-state index is 0.0628. The van der Waals surface area contributed by atoms with Gasteiger partial charge in [-0.05, 0) is 31.5 Å². The van der Waals surface area contributed by atoms with Crippen molar-refractivity contribution in [3.05, 3.63) is 75.8 Å². The van der Waals surface area contributed by atoms with Gasteiger partial charge in [-0.1, -0.05) is 30.3 Å². The highest BCUT2D eigenvalue weighted by Crippen LogP contribution is 2.47. The molecule has 6 atom stereocenters. The summed E-state index contributed by atoms with van der Waals surface area (Å²) in [5.41, 5.74) is 0.681. The number of hydrogen-bond donors (Lipinski definition) is 1. The Labute approximate surface area is 208 Å². The summed E-state index contributed by atoms with van der Waals surface area (Å²) in [5.74, 6) is -5.40. The van der Waals surface area contributed by atoms with Crippen LogP contribution < -0.4 is 0 Å². The first-order valence-electron chi connectivity index (χ1n) is 11.4. The standard InChI is InChI=1S/C25H29NO10/c1-23(31-3)24(2,32-4)35-21-20(34-23)19(27)15-33-25(21,14-16-8-6-5-7-9-16)36-22(28)17-10-12-18(13-11-17)26(29)30/h5-13,19-21,27H,14-15H2,1-4H3/t19-,20+,21-,23-,24-,25-/m0/s1. The molecule has 2 aliphatic rings. The van der Waals surface area contributed by atoms with Crippen molar-refractivity contribution in [1.82, 2.24) is 0 Å². The number of nitro groups is 1. The minimum atomic E-state index is -1.74. The molecule has 2 fully saturated rings. The molecular weight excluding hydrogens is 474 g/mol. The summed E-state index contributed by atoms with van der Waals surface area (Å²) in [6.45, 7) is 3.02. The zero-order valence-corrected chi connectivity index (χ0v) is 20.4. The Hall–Kier alpha value is -2.93. The number of methoxy groups -OCH3 is 2. The highest BCUT2D eigenvalue weighted by atomic mass is 16.8. The van der Waals surface area contributed by atoms with Crippen molar-refractivity contribution in [1.29, 1.82) is 0 Å². The van der Waals surface area contributed by atoms with Gasteiger partial charge in [0, 0.05) is 32.8 Å². The number of carbonyl (C=O) groups is 1. The summed E-state index contributed by atoms with van der Waals surface area (Å²) >= 11 is 0. The molecule has 0 aliphatic carbocycles. The third-order valence-electron chi connectivity index (χ3n) is 6.80. The number of benzene rings is 2. The molecule has 2 aliphatic heterocycles. The van der Waals surface area contributed by atoms with Crippen LogP contribution in [0.4, 0.5) is 5.69 Å². The largest absolute Gasteiger partial charge is 0.426 e. The molecule has 1 N–H and O–H groups in total. The predicted octanol–water partition coefficient (Wildman–Crippen LogP) is 2.59. The molecule has 0 aromatic heterocycles. The molecular formula is C25H29NO10. The molecule has 0 saturated carbocycles. The maximum atomic E-state index is 13.3. The van der Waals surface area contributed by atoms with E-state index in [2.05, 4.69) is 0 Å². The number of fused-ring (bicyclic) bond motifs is 1. The Balaban J connectivity index is 1.74. The van der Waals surface area contributed by atoms with Gasteiger partial charge in [-0.15, -0.1) is 0 Å². The maximum Gasteiger partial charge on any atom is 0.340 e. The third kappa shape index (κ3) is 4.61. The van der Waals surface area contributed by atoms with Gasteiger partial charge in [0.15, 0.2) is 6.10 Å². The fourth-order valence-corrected chi connectivity index (χ4v) is 4.43. The number of aliphatic hydroxyl groups is 1. The first kappa shape index (κ1) is 26.1. The first-order chi connectivity index (χ1) is 17.1. The number of esters is 1. The Morgan fingerprint density at radius 3 is 2.25 bits per heavy atom. The average Bonchev–Trinajstić information content (AvgIpc) is 2.88. The number of ether oxygens (including phenoxy) is 6. The van der Waals surface area contributed by atoms with Crippen molar-refractivity contribution in [3.8, 4) is 0 Å². The molecule has 2 aromatic carbocycles. The number of aliphatic hydroxyl groups excluding tert-OH is 1. The van der Waals surface area contributed by atoms with Crippen LogP contribution in [0.2, 0.25) is 0 Å². The van der Waals surface area contributed by atoms with Crippen molar-refractivity contribution < 1.29 is 43.2 Å². The van der Waals surface area contributed by atoms with E-state index >= 15 is 0 Å². The Bertz CT molecular complexity index is 1100. The lowest BCUT2D eigenvalue weighted by atomic mass is 9.88. The zero-order chi connectivity index (χ0) is 26.1. The molecule has 0 amide bonds. The maximum absolute atomic E-state index is 13.3. The van der Waals surface area contributed by atoms with Crippen molar-refractivity contribution in [2.24, 2.45) is 0 Å². The molecule has 0 radical (unpaired) electrons. The molecule has 2 saturated heterocycles. The van der Waals surface area contributed by atoms with Crippen LogP contribution in [0.5, 0.6) is 0 Å². The Morgan fingerprint density at radius 1 is 1.06 bits per heavy atom. The average molecular weight is 504 g/mol. The van der Waals surface area contributed by atoms with Crippen molar-refractivity contribution in [2.45, 2.75) is 55.9 Å². The lowest BCUT2D eigenvalue weighted by molar-refractivity contribution is -0.491. The first-order valence-corrected chi connectivity index (χ1v) is 11.4. The van der Waals surface area contributed by atoms with Crippen molar-refractivity contribution in [3.63, 3.8) is 0 Å². The van der Waals surface area contributed by atoms with Gasteiger partial charge in [0.25, 0.3) is 5.69 Å². The third-order valence-corrected chi connectivity index (χ3v) is 6.80. The van der Waals surface area contributed by atoms with Crippen LogP contribution in [-0.4, -0.2) is 72.5 Å². The van der Waals surface area contributed by atoms with E-state index in [1.165, 1.54) is 38.5 Å². The highest BCUT2D eigenvalue weighted by molar-refractivity contribution is 5.90. The van der Waals surface area contributed by atoms with Crippen LogP contribution >= 0.6 is 0 Å². The second-order valence-electron chi connectivity index (χ2n) is 8.97. The second kappa shape index (κ2) is 9.85. The SMILES string of the molecule is CO[C@@]1(C)O[C@@H]2[C@@H](O)CO[C@@](Cc3ccccc3)(OC(=O)c3ccc([N+](=O)[O-])cc3)[C@H]2O[C@]1(C)OC. The molecule has 0 unspecified atom stereocenters. The Morgan fingerprint density at radius 2 is 1.67 bits per heavy atom. The van der Waals surface area contributed by atoms with E-state index in [1.54, 1.807) is 13.8 Å². The van der Waals surface area contributed by atoms with Gasteiger partial charge in [0.1, 0.15) is 12.2 Å². The van der Waals surface area contributed by atoms with E-state index in [-0.39, 0.29) is 24.3 Å². The van der Waals surface area contributed by atoms with Crippen LogP contribution in [0.25, 0.3) is 0 Å². The van der Waals surface area contributed by atoms with Gasteiger partial charge >= 0.3 is 5.97 Å². The summed E-state index contributed by atoms with van der Waals surface area (Å²) in [5, 5.41) is 21.8. The van der Waals surface area contributed by atoms with Gasteiger partial charge in [0.05, 0.1) is 17.1 Å². The van der Waals surface area contributed by atoms with Crippen LogP contribution in [0.1, 0.15) is 29.8 Å². The van der Waals surface area contributed by atoms with E-state index in [4.69, 9.17) is 28.4 Å². The van der Waals surface area contributed by atoms with Crippen LogP contribution in [0, 0.1) is 10.1 Å². The number of nitrogens with zero attached hydrogens (tertiary/aromatic N) is 1. The highest BCUT2D eigenvalue weighted by Gasteiger charge is 2.66. The smallest absolute Gasteiger partial charge is 0.340 e. The molecule has 194 valence electrons. The molecule has 0 spiro atoms. The van der Waals surface area contributed by atoms with Crippen molar-refractivity contribution in [2.75, 3.05) is 20.8 Å². The van der Waals surface area contributed by atoms with E-state index < -0.39 is 46.6 Å². The molecule has 2 aromatic rings. The number of rotatable bonds is 7. The lowest BCUT2D eigenvalue weighted by Crippen LogP contribution is -2.75. The van der Waals surface area contributed by atoms with Gasteiger partial charge in [-0.2, -0.15) is 0 Å². The van der Waals surface area contributed by atoms with Crippen molar-refractivity contribution >= 4 is 11.7 Å². The predicted molar refractivity (Wildman–Crippen MR) is 124 cm³/mol.